The summed E-state index contributed by atoms with van der Waals surface area (Å²) in [6.45, 7) is 2.13. The average Bonchev–Trinajstić information content (AvgIpc) is 2.47. The van der Waals surface area contributed by atoms with Gasteiger partial charge in [-0.15, -0.1) is 0 Å². The maximum absolute atomic E-state index is 12.2. The second-order valence-corrected chi connectivity index (χ2v) is 7.89. The maximum atomic E-state index is 12.2. The lowest BCUT2D eigenvalue weighted by Crippen LogP contribution is -2.48. The summed E-state index contributed by atoms with van der Waals surface area (Å²) in [5, 5.41) is 9.32. The monoisotopic (exact) mass is 315 g/mol. The molecule has 20 heavy (non-hydrogen) atoms. The Kier molecular flexibility index (Phi) is 4.59. The van der Waals surface area contributed by atoms with Gasteiger partial charge >= 0.3 is 5.97 Å². The van der Waals surface area contributed by atoms with Crippen LogP contribution in [0.1, 0.15) is 6.92 Å². The van der Waals surface area contributed by atoms with Crippen LogP contribution in [0.15, 0.2) is 29.2 Å². The highest BCUT2D eigenvalue weighted by atomic mass is 32.2. The highest BCUT2D eigenvalue weighted by molar-refractivity contribution is 7.99. The summed E-state index contributed by atoms with van der Waals surface area (Å²) < 4.78 is 24.3. The maximum Gasteiger partial charge on any atom is 0.327 e. The first kappa shape index (κ1) is 15.2. The minimum atomic E-state index is -3.37. The van der Waals surface area contributed by atoms with Gasteiger partial charge in [-0.25, -0.2) is 13.2 Å². The van der Waals surface area contributed by atoms with Gasteiger partial charge in [0.1, 0.15) is 6.04 Å². The Morgan fingerprint density at radius 2 is 2.15 bits per heavy atom. The number of carboxylic acid groups (broad SMARTS) is 1. The average molecular weight is 315 g/mol. The van der Waals surface area contributed by atoms with Crippen LogP contribution in [0.3, 0.4) is 0 Å². The van der Waals surface area contributed by atoms with E-state index in [9.17, 15) is 18.3 Å². The first-order valence-corrected chi connectivity index (χ1v) is 9.17. The molecule has 1 aliphatic heterocycles. The molecule has 0 aromatic heterocycles. The van der Waals surface area contributed by atoms with Gasteiger partial charge in [0.05, 0.1) is 16.3 Å². The number of para-hydroxylation sites is 1. The van der Waals surface area contributed by atoms with E-state index in [-0.39, 0.29) is 10.6 Å². The van der Waals surface area contributed by atoms with E-state index in [2.05, 4.69) is 0 Å². The van der Waals surface area contributed by atoms with Crippen LogP contribution in [0.5, 0.6) is 0 Å². The summed E-state index contributed by atoms with van der Waals surface area (Å²) in [6.07, 6.45) is 0. The molecule has 110 valence electrons. The van der Waals surface area contributed by atoms with Crippen LogP contribution in [0.2, 0.25) is 0 Å². The molecule has 0 spiro atoms. The number of hydrogen-bond donors (Lipinski definition) is 1. The van der Waals surface area contributed by atoms with Crippen molar-refractivity contribution in [2.45, 2.75) is 17.9 Å². The topological polar surface area (TPSA) is 74.7 Å². The number of benzene rings is 1. The molecule has 1 N–H and O–H groups in total. The van der Waals surface area contributed by atoms with Crippen molar-refractivity contribution in [3.8, 4) is 0 Å². The molecule has 1 aromatic rings. The summed E-state index contributed by atoms with van der Waals surface area (Å²) in [4.78, 5) is 13.3. The molecule has 0 radical (unpaired) electrons. The standard InChI is InChI=1S/C13H17NO4S2/c1-2-20(17,18)12-6-4-3-5-10(12)14-7-8-19-9-11(14)13(15)16/h3-6,11H,2,7-9H2,1H3,(H,15,16). The number of nitrogens with zero attached hydrogens (tertiary/aromatic N) is 1. The van der Waals surface area contributed by atoms with Crippen LogP contribution in [0, 0.1) is 0 Å². The molecule has 0 aliphatic carbocycles. The summed E-state index contributed by atoms with van der Waals surface area (Å²) in [7, 11) is -3.37. The Balaban J connectivity index is 2.49. The molecule has 7 heteroatoms. The van der Waals surface area contributed by atoms with E-state index in [0.717, 1.165) is 5.75 Å². The summed E-state index contributed by atoms with van der Waals surface area (Å²) in [5.74, 6) is 0.352. The van der Waals surface area contributed by atoms with Gasteiger partial charge < -0.3 is 10.0 Å². The molecule has 1 aliphatic rings. The second-order valence-electron chi connectivity index (χ2n) is 4.49. The van der Waals surface area contributed by atoms with Crippen LogP contribution < -0.4 is 4.90 Å². The van der Waals surface area contributed by atoms with E-state index in [1.165, 1.54) is 0 Å². The van der Waals surface area contributed by atoms with Gasteiger partial charge in [-0.2, -0.15) is 11.8 Å². The Morgan fingerprint density at radius 1 is 1.45 bits per heavy atom. The number of rotatable bonds is 4. The largest absolute Gasteiger partial charge is 0.480 e. The molecule has 2 rings (SSSR count). The van der Waals surface area contributed by atoms with E-state index in [1.807, 2.05) is 0 Å². The third kappa shape index (κ3) is 2.93. The summed E-state index contributed by atoms with van der Waals surface area (Å²) in [6, 6.07) is 5.97. The van der Waals surface area contributed by atoms with E-state index in [4.69, 9.17) is 0 Å². The first-order chi connectivity index (χ1) is 9.47. The molecule has 0 amide bonds. The van der Waals surface area contributed by atoms with Crippen LogP contribution in [0.25, 0.3) is 0 Å². The van der Waals surface area contributed by atoms with Gasteiger partial charge in [0.15, 0.2) is 9.84 Å². The van der Waals surface area contributed by atoms with Gasteiger partial charge in [-0.05, 0) is 12.1 Å². The molecular formula is C13H17NO4S2. The van der Waals surface area contributed by atoms with Crippen molar-refractivity contribution in [3.05, 3.63) is 24.3 Å². The molecule has 1 fully saturated rings. The third-order valence-corrected chi connectivity index (χ3v) is 6.10. The Bertz CT molecular complexity index is 600. The SMILES string of the molecule is CCS(=O)(=O)c1ccccc1N1CCSCC1C(=O)O. The van der Waals surface area contributed by atoms with Gasteiger partial charge in [-0.1, -0.05) is 19.1 Å². The Hall–Kier alpha value is -1.21. The van der Waals surface area contributed by atoms with Crippen molar-refractivity contribution in [2.24, 2.45) is 0 Å². The van der Waals surface area contributed by atoms with Crippen LogP contribution >= 0.6 is 11.8 Å². The summed E-state index contributed by atoms with van der Waals surface area (Å²) in [5.41, 5.74) is 0.502. The van der Waals surface area contributed by atoms with E-state index in [1.54, 1.807) is 47.9 Å². The van der Waals surface area contributed by atoms with Crippen molar-refractivity contribution < 1.29 is 18.3 Å². The van der Waals surface area contributed by atoms with Crippen molar-refractivity contribution in [2.75, 3.05) is 28.7 Å². The summed E-state index contributed by atoms with van der Waals surface area (Å²) >= 11 is 1.58. The fraction of sp³-hybridized carbons (Fsp3) is 0.462. The van der Waals surface area contributed by atoms with E-state index < -0.39 is 21.8 Å². The molecule has 1 heterocycles. The predicted octanol–water partition coefficient (Wildman–Crippen LogP) is 1.49. The fourth-order valence-electron chi connectivity index (χ4n) is 2.21. The quantitative estimate of drug-likeness (QED) is 0.907. The van der Waals surface area contributed by atoms with Crippen molar-refractivity contribution >= 4 is 33.3 Å². The van der Waals surface area contributed by atoms with Gasteiger partial charge in [0, 0.05) is 18.1 Å². The normalized spacial score (nSPS) is 19.9. The first-order valence-electron chi connectivity index (χ1n) is 6.36. The molecule has 1 unspecified atom stereocenters. The lowest BCUT2D eigenvalue weighted by molar-refractivity contribution is -0.138. The number of thioether (sulfide) groups is 1. The van der Waals surface area contributed by atoms with Crippen molar-refractivity contribution in [1.82, 2.24) is 0 Å². The Morgan fingerprint density at radius 3 is 2.80 bits per heavy atom. The number of anilines is 1. The minimum Gasteiger partial charge on any atom is -0.480 e. The van der Waals surface area contributed by atoms with Crippen LogP contribution in [0.4, 0.5) is 5.69 Å². The Labute approximate surface area is 122 Å². The highest BCUT2D eigenvalue weighted by Gasteiger charge is 2.32. The predicted molar refractivity (Wildman–Crippen MR) is 80.3 cm³/mol. The van der Waals surface area contributed by atoms with Gasteiger partial charge in [-0.3, -0.25) is 0 Å². The van der Waals surface area contributed by atoms with Gasteiger partial charge in [0.2, 0.25) is 0 Å². The second kappa shape index (κ2) is 6.05. The molecule has 0 saturated carbocycles. The molecular weight excluding hydrogens is 298 g/mol. The zero-order chi connectivity index (χ0) is 14.8. The molecule has 1 aromatic carbocycles. The lowest BCUT2D eigenvalue weighted by atomic mass is 10.2. The fourth-order valence-corrected chi connectivity index (χ4v) is 4.35. The lowest BCUT2D eigenvalue weighted by Gasteiger charge is -2.35. The number of sulfone groups is 1. The minimum absolute atomic E-state index is 0.00431. The van der Waals surface area contributed by atoms with Crippen molar-refractivity contribution in [3.63, 3.8) is 0 Å². The van der Waals surface area contributed by atoms with E-state index >= 15 is 0 Å². The van der Waals surface area contributed by atoms with Crippen LogP contribution in [-0.2, 0) is 14.6 Å². The van der Waals surface area contributed by atoms with Gasteiger partial charge in [0.25, 0.3) is 0 Å². The third-order valence-electron chi connectivity index (χ3n) is 3.30. The molecule has 0 bridgehead atoms. The zero-order valence-corrected chi connectivity index (χ0v) is 12.8. The molecule has 1 atom stereocenters. The number of hydrogen-bond acceptors (Lipinski definition) is 5. The number of aliphatic carboxylic acids is 1. The van der Waals surface area contributed by atoms with E-state index in [0.29, 0.717) is 18.0 Å². The number of carboxylic acids is 1. The highest BCUT2D eigenvalue weighted by Crippen LogP contribution is 2.30. The molecule has 1 saturated heterocycles. The smallest absolute Gasteiger partial charge is 0.327 e. The zero-order valence-electron chi connectivity index (χ0n) is 11.2. The van der Waals surface area contributed by atoms with Crippen molar-refractivity contribution in [1.29, 1.82) is 0 Å². The number of carbonyl (C=O) groups is 1. The van der Waals surface area contributed by atoms with Crippen LogP contribution in [-0.4, -0.2) is 49.3 Å². The molecule has 5 nitrogen and oxygen atoms in total.